The van der Waals surface area contributed by atoms with Gasteiger partial charge in [-0.25, -0.2) is 0 Å². The van der Waals surface area contributed by atoms with E-state index >= 15 is 0 Å². The Morgan fingerprint density at radius 3 is 2.00 bits per heavy atom. The monoisotopic (exact) mass is 415 g/mol. The molecule has 29 heavy (non-hydrogen) atoms. The van der Waals surface area contributed by atoms with Crippen LogP contribution in [0.5, 0.6) is 0 Å². The molecule has 1 fully saturated rings. The third kappa shape index (κ3) is 10.6. The molecule has 1 saturated heterocycles. The maximum absolute atomic E-state index is 12.0. The molecule has 1 aliphatic heterocycles. The first-order valence-electron chi connectivity index (χ1n) is 11.3. The molecule has 0 aromatic rings. The zero-order valence-electron chi connectivity index (χ0n) is 17.8. The lowest BCUT2D eigenvalue weighted by Gasteiger charge is -2.40. The van der Waals surface area contributed by atoms with E-state index in [0.717, 1.165) is 19.3 Å². The number of ether oxygens (including phenoxy) is 1. The predicted molar refractivity (Wildman–Crippen MR) is 112 cm³/mol. The molecular formula is C22H41NO6. The van der Waals surface area contributed by atoms with Crippen LogP contribution < -0.4 is 5.32 Å². The van der Waals surface area contributed by atoms with Gasteiger partial charge in [0, 0.05) is 0 Å². The summed E-state index contributed by atoms with van der Waals surface area (Å²) in [5.41, 5.74) is 0. The second kappa shape index (κ2) is 15.8. The van der Waals surface area contributed by atoms with Gasteiger partial charge in [-0.2, -0.15) is 0 Å². The van der Waals surface area contributed by atoms with E-state index in [1.807, 2.05) is 0 Å². The second-order valence-electron chi connectivity index (χ2n) is 7.99. The van der Waals surface area contributed by atoms with E-state index in [9.17, 15) is 20.1 Å². The van der Waals surface area contributed by atoms with E-state index in [2.05, 4.69) is 12.2 Å². The Balaban J connectivity index is 2.08. The number of carbonyl (C=O) groups excluding carboxylic acids is 1. The molecule has 1 heterocycles. The largest absolute Gasteiger partial charge is 0.394 e. The van der Waals surface area contributed by atoms with Gasteiger partial charge >= 0.3 is 0 Å². The highest BCUT2D eigenvalue weighted by molar-refractivity contribution is 5.87. The number of hydrogen-bond donors (Lipinski definition) is 5. The summed E-state index contributed by atoms with van der Waals surface area (Å²) < 4.78 is 5.01. The average Bonchev–Trinajstić information content (AvgIpc) is 2.71. The molecule has 0 spiro atoms. The number of hydrogen-bond acceptors (Lipinski definition) is 6. The number of allylic oxidation sites excluding steroid dienone is 1. The van der Waals surface area contributed by atoms with Crippen LogP contribution in [-0.4, -0.2) is 63.6 Å². The molecule has 0 aromatic heterocycles. The molecule has 5 N–H and O–H groups in total. The van der Waals surface area contributed by atoms with Gasteiger partial charge in [-0.1, -0.05) is 77.2 Å². The summed E-state index contributed by atoms with van der Waals surface area (Å²) >= 11 is 0. The van der Waals surface area contributed by atoms with Crippen molar-refractivity contribution in [1.29, 1.82) is 0 Å². The van der Waals surface area contributed by atoms with Crippen LogP contribution in [0, 0.1) is 0 Å². The number of rotatable bonds is 15. The van der Waals surface area contributed by atoms with Gasteiger partial charge in [-0.05, 0) is 18.9 Å². The zero-order valence-corrected chi connectivity index (χ0v) is 17.8. The van der Waals surface area contributed by atoms with Crippen LogP contribution in [0.1, 0.15) is 84.0 Å². The molecule has 0 saturated carbocycles. The first-order chi connectivity index (χ1) is 14.0. The molecule has 7 heteroatoms. The number of aliphatic hydroxyl groups is 4. The quantitative estimate of drug-likeness (QED) is 0.207. The van der Waals surface area contributed by atoms with Crippen LogP contribution in [0.3, 0.4) is 0 Å². The molecule has 1 amide bonds. The van der Waals surface area contributed by atoms with E-state index in [4.69, 9.17) is 9.84 Å². The van der Waals surface area contributed by atoms with Gasteiger partial charge in [0.05, 0.1) is 6.61 Å². The smallest absolute Gasteiger partial charge is 0.244 e. The van der Waals surface area contributed by atoms with Crippen molar-refractivity contribution in [3.05, 3.63) is 12.2 Å². The van der Waals surface area contributed by atoms with Crippen molar-refractivity contribution in [3.8, 4) is 0 Å². The van der Waals surface area contributed by atoms with Gasteiger partial charge < -0.3 is 30.5 Å². The Morgan fingerprint density at radius 1 is 0.897 bits per heavy atom. The number of carbonyl (C=O) groups is 1. The third-order valence-electron chi connectivity index (χ3n) is 5.45. The third-order valence-corrected chi connectivity index (χ3v) is 5.45. The van der Waals surface area contributed by atoms with E-state index in [0.29, 0.717) is 0 Å². The van der Waals surface area contributed by atoms with Crippen LogP contribution in [0.4, 0.5) is 0 Å². The minimum Gasteiger partial charge on any atom is -0.394 e. The van der Waals surface area contributed by atoms with Gasteiger partial charge in [0.15, 0.2) is 6.29 Å². The van der Waals surface area contributed by atoms with Crippen LogP contribution >= 0.6 is 0 Å². The maximum Gasteiger partial charge on any atom is 0.244 e. The van der Waals surface area contributed by atoms with Gasteiger partial charge in [0.25, 0.3) is 0 Å². The molecule has 170 valence electrons. The fourth-order valence-electron chi connectivity index (χ4n) is 3.58. The summed E-state index contributed by atoms with van der Waals surface area (Å²) in [5.74, 6) is -0.463. The number of amides is 1. The van der Waals surface area contributed by atoms with E-state index in [1.165, 1.54) is 63.9 Å². The van der Waals surface area contributed by atoms with E-state index < -0.39 is 43.2 Å². The lowest BCUT2D eigenvalue weighted by atomic mass is 9.97. The number of aliphatic hydroxyl groups excluding tert-OH is 4. The van der Waals surface area contributed by atoms with Crippen molar-refractivity contribution in [3.63, 3.8) is 0 Å². The summed E-state index contributed by atoms with van der Waals surface area (Å²) in [6, 6.07) is -1.15. The summed E-state index contributed by atoms with van der Waals surface area (Å²) in [5, 5.41) is 41.2. The van der Waals surface area contributed by atoms with Crippen LogP contribution in [0.2, 0.25) is 0 Å². The van der Waals surface area contributed by atoms with Crippen LogP contribution in [0.25, 0.3) is 0 Å². The predicted octanol–water partition coefficient (Wildman–Crippen LogP) is 2.16. The Morgan fingerprint density at radius 2 is 1.45 bits per heavy atom. The summed E-state index contributed by atoms with van der Waals surface area (Å²) in [6.45, 7) is 1.70. The first kappa shape index (κ1) is 26.0. The standard InChI is InChI=1S/C22H41NO6/c1-2-3-4-5-6-7-8-9-10-11-12-13-14-15-18(25)23-19-21(27)20(26)17(16-24)29-22(19)28/h14-15,17,19-22,24,26-28H,2-13,16H2,1H3,(H,23,25)/t17-,19-,20-,21-,22?/m1/s1. The summed E-state index contributed by atoms with van der Waals surface area (Å²) in [4.78, 5) is 12.0. The van der Waals surface area contributed by atoms with E-state index in [-0.39, 0.29) is 0 Å². The van der Waals surface area contributed by atoms with Crippen molar-refractivity contribution >= 4 is 5.91 Å². The lowest BCUT2D eigenvalue weighted by molar-refractivity contribution is -0.253. The molecular weight excluding hydrogens is 374 g/mol. The van der Waals surface area contributed by atoms with Gasteiger partial charge in [0.1, 0.15) is 24.4 Å². The van der Waals surface area contributed by atoms with Crippen molar-refractivity contribution in [2.24, 2.45) is 0 Å². The zero-order chi connectivity index (χ0) is 21.5. The molecule has 0 aliphatic carbocycles. The first-order valence-corrected chi connectivity index (χ1v) is 11.3. The minimum absolute atomic E-state index is 0.463. The fraction of sp³-hybridized carbons (Fsp3) is 0.864. The molecule has 1 aliphatic rings. The molecule has 0 aromatic carbocycles. The Kier molecular flexibility index (Phi) is 14.2. The molecule has 1 rings (SSSR count). The number of nitrogens with one attached hydrogen (secondary N) is 1. The molecule has 0 bridgehead atoms. The van der Waals surface area contributed by atoms with Crippen LogP contribution in [-0.2, 0) is 9.53 Å². The van der Waals surface area contributed by atoms with Gasteiger partial charge in [0.2, 0.25) is 5.91 Å². The highest BCUT2D eigenvalue weighted by atomic mass is 16.6. The van der Waals surface area contributed by atoms with Crippen LogP contribution in [0.15, 0.2) is 12.2 Å². The van der Waals surface area contributed by atoms with Gasteiger partial charge in [-0.15, -0.1) is 0 Å². The maximum atomic E-state index is 12.0. The molecule has 0 radical (unpaired) electrons. The Bertz CT molecular complexity index is 459. The van der Waals surface area contributed by atoms with Gasteiger partial charge in [-0.3, -0.25) is 4.79 Å². The molecule has 5 atom stereocenters. The highest BCUT2D eigenvalue weighted by Crippen LogP contribution is 2.19. The highest BCUT2D eigenvalue weighted by Gasteiger charge is 2.44. The molecule has 1 unspecified atom stereocenters. The second-order valence-corrected chi connectivity index (χ2v) is 7.99. The summed E-state index contributed by atoms with van der Waals surface area (Å²) in [7, 11) is 0. The molecule has 7 nitrogen and oxygen atoms in total. The lowest BCUT2D eigenvalue weighted by Crippen LogP contribution is -2.64. The SMILES string of the molecule is CCCCCCCCCCCCCC=CC(=O)N[C@H]1C(O)O[C@H](CO)[C@@H](O)[C@@H]1O. The van der Waals surface area contributed by atoms with Crippen molar-refractivity contribution in [2.45, 2.75) is 115 Å². The topological polar surface area (TPSA) is 119 Å². The normalized spacial score (nSPS) is 27.4. The van der Waals surface area contributed by atoms with Crippen molar-refractivity contribution < 1.29 is 30.0 Å². The van der Waals surface area contributed by atoms with E-state index in [1.54, 1.807) is 6.08 Å². The summed E-state index contributed by atoms with van der Waals surface area (Å²) in [6.07, 6.45) is 12.6. The fourth-order valence-corrected chi connectivity index (χ4v) is 3.58. The van der Waals surface area contributed by atoms with Crippen molar-refractivity contribution in [1.82, 2.24) is 5.32 Å². The van der Waals surface area contributed by atoms with Crippen molar-refractivity contribution in [2.75, 3.05) is 6.61 Å². The average molecular weight is 416 g/mol. The Hall–Kier alpha value is -0.990. The Labute approximate surface area is 175 Å². The minimum atomic E-state index is -1.49. The number of unbranched alkanes of at least 4 members (excludes halogenated alkanes) is 11.